The van der Waals surface area contributed by atoms with E-state index in [-0.39, 0.29) is 18.7 Å². The van der Waals surface area contributed by atoms with Gasteiger partial charge in [0.25, 0.3) is 5.91 Å². The number of hydrogen-bond donors (Lipinski definition) is 2. The Labute approximate surface area is 198 Å². The molecule has 3 N–H and O–H groups in total. The molecule has 1 aromatic heterocycles. The van der Waals surface area contributed by atoms with Gasteiger partial charge in [0.1, 0.15) is 12.4 Å². The fourth-order valence-electron chi connectivity index (χ4n) is 3.08. The molecule has 0 aliphatic heterocycles. The van der Waals surface area contributed by atoms with Crippen molar-refractivity contribution in [2.75, 3.05) is 25.5 Å². The van der Waals surface area contributed by atoms with E-state index in [1.54, 1.807) is 19.2 Å². The molecule has 0 fully saturated rings. The maximum atomic E-state index is 13.0. The van der Waals surface area contributed by atoms with Crippen LogP contribution >= 0.6 is 11.6 Å². The van der Waals surface area contributed by atoms with Crippen molar-refractivity contribution in [1.29, 1.82) is 0 Å². The van der Waals surface area contributed by atoms with Crippen LogP contribution in [0.4, 0.5) is 23.7 Å². The third-order valence-electron chi connectivity index (χ3n) is 4.90. The minimum absolute atomic E-state index is 0.123. The largest absolute Gasteiger partial charge is 0.491 e. The normalized spacial score (nSPS) is 11.2. The van der Waals surface area contributed by atoms with Gasteiger partial charge in [-0.25, -0.2) is 4.79 Å². The van der Waals surface area contributed by atoms with E-state index in [0.717, 1.165) is 12.1 Å². The van der Waals surface area contributed by atoms with Crippen molar-refractivity contribution in [2.45, 2.75) is 6.18 Å². The lowest BCUT2D eigenvalue weighted by molar-refractivity contribution is -0.137. The Bertz CT molecular complexity index is 1190. The van der Waals surface area contributed by atoms with Crippen LogP contribution in [0.1, 0.15) is 15.9 Å². The van der Waals surface area contributed by atoms with Crippen molar-refractivity contribution in [3.05, 3.63) is 64.8 Å². The van der Waals surface area contributed by atoms with E-state index < -0.39 is 23.7 Å². The second-order valence-corrected chi connectivity index (χ2v) is 7.72. The van der Waals surface area contributed by atoms with Crippen molar-refractivity contribution in [3.63, 3.8) is 0 Å². The summed E-state index contributed by atoms with van der Waals surface area (Å²) in [4.78, 5) is 25.1. The molecule has 180 valence electrons. The number of likely N-dealkylation sites (N-methyl/N-ethyl adjacent to an activating group) is 1. The summed E-state index contributed by atoms with van der Waals surface area (Å²) in [6.45, 7) is 0.347. The summed E-state index contributed by atoms with van der Waals surface area (Å²) in [6, 6.07) is 8.20. The van der Waals surface area contributed by atoms with E-state index in [0.29, 0.717) is 27.7 Å². The summed E-state index contributed by atoms with van der Waals surface area (Å²) < 4.78 is 46.3. The summed E-state index contributed by atoms with van der Waals surface area (Å²) in [6.07, 6.45) is -3.13. The molecule has 3 aromatic rings. The summed E-state index contributed by atoms with van der Waals surface area (Å²) in [7, 11) is 3.19. The number of anilines is 1. The zero-order chi connectivity index (χ0) is 25.0. The van der Waals surface area contributed by atoms with Gasteiger partial charge in [0.2, 0.25) is 0 Å². The zero-order valence-corrected chi connectivity index (χ0v) is 18.9. The first kappa shape index (κ1) is 24.9. The van der Waals surface area contributed by atoms with Crippen LogP contribution in [0.25, 0.3) is 11.3 Å². The topological polar surface area (TPSA) is 102 Å². The van der Waals surface area contributed by atoms with Gasteiger partial charge in [0.05, 0.1) is 29.0 Å². The molecule has 2 aromatic carbocycles. The number of aromatic nitrogens is 2. The fourth-order valence-corrected chi connectivity index (χ4v) is 3.34. The number of nitrogens with one attached hydrogen (secondary N) is 1. The Morgan fingerprint density at radius 1 is 1.24 bits per heavy atom. The van der Waals surface area contributed by atoms with E-state index in [9.17, 15) is 22.8 Å². The van der Waals surface area contributed by atoms with E-state index in [4.69, 9.17) is 22.1 Å². The van der Waals surface area contributed by atoms with Gasteiger partial charge < -0.3 is 20.7 Å². The first-order valence-corrected chi connectivity index (χ1v) is 10.3. The van der Waals surface area contributed by atoms with Gasteiger partial charge in [-0.3, -0.25) is 9.48 Å². The Morgan fingerprint density at radius 2 is 1.97 bits per heavy atom. The SMILES string of the molecule is CN(CCOc1ccc(NC(=O)c2cccc(C(F)(F)F)c2)cc1-c1c(Cl)cnn1C)C(N)=O. The maximum absolute atomic E-state index is 13.0. The number of benzene rings is 2. The average molecular weight is 496 g/mol. The number of nitrogens with zero attached hydrogens (tertiary/aromatic N) is 3. The van der Waals surface area contributed by atoms with Gasteiger partial charge in [-0.2, -0.15) is 18.3 Å². The van der Waals surface area contributed by atoms with E-state index >= 15 is 0 Å². The summed E-state index contributed by atoms with van der Waals surface area (Å²) >= 11 is 6.29. The number of primary amides is 1. The monoisotopic (exact) mass is 495 g/mol. The van der Waals surface area contributed by atoms with Crippen molar-refractivity contribution >= 4 is 29.2 Å². The molecule has 1 heterocycles. The van der Waals surface area contributed by atoms with Crippen molar-refractivity contribution in [1.82, 2.24) is 14.7 Å². The fraction of sp³-hybridized carbons (Fsp3) is 0.227. The van der Waals surface area contributed by atoms with Crippen molar-refractivity contribution < 1.29 is 27.5 Å². The molecule has 3 amide bonds. The molecule has 0 saturated carbocycles. The van der Waals surface area contributed by atoms with Crippen LogP contribution in [0.2, 0.25) is 5.02 Å². The Hall–Kier alpha value is -3.73. The summed E-state index contributed by atoms with van der Waals surface area (Å²) in [5, 5.41) is 7.01. The minimum atomic E-state index is -4.57. The molecule has 34 heavy (non-hydrogen) atoms. The number of halogens is 4. The smallest absolute Gasteiger partial charge is 0.416 e. The predicted molar refractivity (Wildman–Crippen MR) is 121 cm³/mol. The van der Waals surface area contributed by atoms with Gasteiger partial charge in [-0.05, 0) is 36.4 Å². The van der Waals surface area contributed by atoms with E-state index in [2.05, 4.69) is 10.4 Å². The summed E-state index contributed by atoms with van der Waals surface area (Å²) in [5.41, 5.74) is 5.41. The highest BCUT2D eigenvalue weighted by Crippen LogP contribution is 2.37. The molecule has 0 saturated heterocycles. The number of nitrogens with two attached hydrogens (primary N) is 1. The number of urea groups is 1. The molecule has 0 aliphatic rings. The lowest BCUT2D eigenvalue weighted by Crippen LogP contribution is -2.35. The molecule has 3 rings (SSSR count). The average Bonchev–Trinajstić information content (AvgIpc) is 3.11. The Morgan fingerprint density at radius 3 is 2.59 bits per heavy atom. The number of alkyl halides is 3. The van der Waals surface area contributed by atoms with Crippen molar-refractivity contribution in [3.8, 4) is 17.0 Å². The van der Waals surface area contributed by atoms with Crippen molar-refractivity contribution in [2.24, 2.45) is 12.8 Å². The van der Waals surface area contributed by atoms with Crippen LogP contribution in [0.5, 0.6) is 5.75 Å². The van der Waals surface area contributed by atoms with Crippen LogP contribution in [0, 0.1) is 0 Å². The molecule has 0 unspecified atom stereocenters. The number of aryl methyl sites for hydroxylation is 1. The third-order valence-corrected chi connectivity index (χ3v) is 5.18. The molecule has 0 aliphatic carbocycles. The molecule has 0 atom stereocenters. The van der Waals surface area contributed by atoms with Gasteiger partial charge in [-0.1, -0.05) is 17.7 Å². The number of amides is 3. The van der Waals surface area contributed by atoms with Gasteiger partial charge >= 0.3 is 12.2 Å². The van der Waals surface area contributed by atoms with Crippen LogP contribution in [-0.4, -0.2) is 46.8 Å². The second kappa shape index (κ2) is 10.0. The highest BCUT2D eigenvalue weighted by atomic mass is 35.5. The highest BCUT2D eigenvalue weighted by molar-refractivity contribution is 6.33. The van der Waals surface area contributed by atoms with Gasteiger partial charge in [0.15, 0.2) is 0 Å². The van der Waals surface area contributed by atoms with Crippen LogP contribution in [0.3, 0.4) is 0 Å². The number of carbonyl (C=O) groups excluding carboxylic acids is 2. The first-order valence-electron chi connectivity index (χ1n) is 9.91. The molecule has 0 bridgehead atoms. The Balaban J connectivity index is 1.89. The van der Waals surface area contributed by atoms with E-state index in [1.807, 2.05) is 0 Å². The van der Waals surface area contributed by atoms with Crippen LogP contribution in [-0.2, 0) is 13.2 Å². The minimum Gasteiger partial charge on any atom is -0.491 e. The molecule has 8 nitrogen and oxygen atoms in total. The third kappa shape index (κ3) is 5.79. The molecular formula is C22H21ClF3N5O3. The predicted octanol–water partition coefficient (Wildman–Crippen LogP) is 4.40. The van der Waals surface area contributed by atoms with Crippen LogP contribution in [0.15, 0.2) is 48.7 Å². The standard InChI is InChI=1S/C22H21ClF3N5O3/c1-30(21(27)33)8-9-34-18-7-6-15(11-16(18)19-17(23)12-28-31(19)2)29-20(32)13-4-3-5-14(10-13)22(24,25)26/h3-7,10-12H,8-9H2,1-2H3,(H2,27,33)(H,29,32). The van der Waals surface area contributed by atoms with Gasteiger partial charge in [-0.15, -0.1) is 0 Å². The molecular weight excluding hydrogens is 475 g/mol. The first-order chi connectivity index (χ1) is 16.0. The molecule has 0 radical (unpaired) electrons. The zero-order valence-electron chi connectivity index (χ0n) is 18.2. The quantitative estimate of drug-likeness (QED) is 0.507. The number of carbonyl (C=O) groups is 2. The summed E-state index contributed by atoms with van der Waals surface area (Å²) in [5.74, 6) is -0.328. The number of hydrogen-bond acceptors (Lipinski definition) is 4. The van der Waals surface area contributed by atoms with Crippen LogP contribution < -0.4 is 15.8 Å². The van der Waals surface area contributed by atoms with Gasteiger partial charge in [0, 0.05) is 30.9 Å². The number of rotatable bonds is 7. The maximum Gasteiger partial charge on any atom is 0.416 e. The molecule has 0 spiro atoms. The highest BCUT2D eigenvalue weighted by Gasteiger charge is 2.31. The Kier molecular flexibility index (Phi) is 7.35. The second-order valence-electron chi connectivity index (χ2n) is 7.32. The number of ether oxygens (including phenoxy) is 1. The lowest BCUT2D eigenvalue weighted by Gasteiger charge is -2.17. The lowest BCUT2D eigenvalue weighted by atomic mass is 10.1. The van der Waals surface area contributed by atoms with E-state index in [1.165, 1.54) is 41.0 Å². The molecule has 12 heteroatoms.